The van der Waals surface area contributed by atoms with Crippen molar-refractivity contribution in [2.75, 3.05) is 19.8 Å². The van der Waals surface area contributed by atoms with Crippen LogP contribution in [0.4, 0.5) is 0 Å². The molecule has 0 radical (unpaired) electrons. The van der Waals surface area contributed by atoms with Gasteiger partial charge in [0.1, 0.15) is 5.75 Å². The summed E-state index contributed by atoms with van der Waals surface area (Å²) < 4.78 is 5.70. The van der Waals surface area contributed by atoms with E-state index in [1.165, 1.54) is 0 Å². The van der Waals surface area contributed by atoms with Crippen LogP contribution in [0.25, 0.3) is 0 Å². The molecule has 0 spiro atoms. The second kappa shape index (κ2) is 8.95. The molecule has 0 bridgehead atoms. The van der Waals surface area contributed by atoms with E-state index in [4.69, 9.17) is 4.74 Å². The highest BCUT2D eigenvalue weighted by Crippen LogP contribution is 2.19. The number of aliphatic hydroxyl groups excluding tert-OH is 2. The molecular weight excluding hydrogens is 254 g/mol. The van der Waals surface area contributed by atoms with E-state index in [1.807, 2.05) is 31.2 Å². The van der Waals surface area contributed by atoms with Gasteiger partial charge in [0.2, 0.25) is 0 Å². The fourth-order valence-electron chi connectivity index (χ4n) is 2.07. The molecule has 1 aromatic rings. The third-order valence-corrected chi connectivity index (χ3v) is 3.42. The Kier molecular flexibility index (Phi) is 7.59. The maximum atomic E-state index is 9.47. The lowest BCUT2D eigenvalue weighted by atomic mass is 9.97. The van der Waals surface area contributed by atoms with Gasteiger partial charge in [0.25, 0.3) is 0 Å². The predicted octanol–water partition coefficient (Wildman–Crippen LogP) is 2.09. The normalized spacial score (nSPS) is 14.0. The van der Waals surface area contributed by atoms with Crippen molar-refractivity contribution in [3.05, 3.63) is 29.8 Å². The molecule has 20 heavy (non-hydrogen) atoms. The summed E-state index contributed by atoms with van der Waals surface area (Å²) in [6.07, 6.45) is 2.76. The van der Waals surface area contributed by atoms with Crippen molar-refractivity contribution in [2.24, 2.45) is 0 Å². The van der Waals surface area contributed by atoms with E-state index in [0.29, 0.717) is 6.61 Å². The largest absolute Gasteiger partial charge is 0.493 e. The number of para-hydroxylation sites is 1. The number of benzene rings is 1. The second-order valence-electron chi connectivity index (χ2n) is 5.36. The minimum atomic E-state index is -0.240. The number of ether oxygens (including phenoxy) is 1. The van der Waals surface area contributed by atoms with Crippen molar-refractivity contribution >= 4 is 0 Å². The molecule has 0 saturated heterocycles. The zero-order valence-corrected chi connectivity index (χ0v) is 12.6. The summed E-state index contributed by atoms with van der Waals surface area (Å²) in [5.74, 6) is 0.738. The van der Waals surface area contributed by atoms with Crippen LogP contribution in [0.3, 0.4) is 0 Å². The molecule has 0 amide bonds. The fourth-order valence-corrected chi connectivity index (χ4v) is 2.07. The third kappa shape index (κ3) is 5.49. The first-order valence-corrected chi connectivity index (χ1v) is 7.32. The Balaban J connectivity index is 2.36. The number of hydrogen-bond donors (Lipinski definition) is 3. The fraction of sp³-hybridized carbons (Fsp3) is 0.625. The molecule has 3 N–H and O–H groups in total. The monoisotopic (exact) mass is 281 g/mol. The molecule has 1 atom stereocenters. The standard InChI is InChI=1S/C16H27NO3/c1-3-10-17-16(2,13-19)9-6-11-20-15-8-5-4-7-14(15)12-18/h4-5,7-8,17-19H,3,6,9-13H2,1-2H3. The molecule has 0 fully saturated rings. The van der Waals surface area contributed by atoms with Gasteiger partial charge in [-0.3, -0.25) is 0 Å². The maximum Gasteiger partial charge on any atom is 0.124 e. The summed E-state index contributed by atoms with van der Waals surface area (Å²) in [4.78, 5) is 0. The van der Waals surface area contributed by atoms with E-state index in [1.54, 1.807) is 0 Å². The van der Waals surface area contributed by atoms with Crippen LogP contribution in [0.5, 0.6) is 5.75 Å². The molecule has 0 aromatic heterocycles. The molecule has 4 nitrogen and oxygen atoms in total. The SMILES string of the molecule is CCCNC(C)(CO)CCCOc1ccccc1CO. The molecule has 1 aromatic carbocycles. The van der Waals surface area contributed by atoms with Crippen LogP contribution in [-0.2, 0) is 6.61 Å². The Morgan fingerprint density at radius 2 is 2.00 bits per heavy atom. The van der Waals surface area contributed by atoms with Crippen molar-refractivity contribution < 1.29 is 14.9 Å². The van der Waals surface area contributed by atoms with Gasteiger partial charge in [0.05, 0.1) is 19.8 Å². The number of aliphatic hydroxyl groups is 2. The summed E-state index contributed by atoms with van der Waals surface area (Å²) in [6, 6.07) is 7.51. The highest BCUT2D eigenvalue weighted by Gasteiger charge is 2.21. The summed E-state index contributed by atoms with van der Waals surface area (Å²) >= 11 is 0. The highest BCUT2D eigenvalue weighted by molar-refractivity contribution is 5.32. The Labute approximate surface area is 121 Å². The van der Waals surface area contributed by atoms with Crippen LogP contribution >= 0.6 is 0 Å². The quantitative estimate of drug-likeness (QED) is 0.575. The van der Waals surface area contributed by atoms with Gasteiger partial charge in [-0.2, -0.15) is 0 Å². The van der Waals surface area contributed by atoms with Gasteiger partial charge in [0.15, 0.2) is 0 Å². The van der Waals surface area contributed by atoms with E-state index in [0.717, 1.165) is 37.1 Å². The van der Waals surface area contributed by atoms with E-state index in [9.17, 15) is 10.2 Å². The van der Waals surface area contributed by atoms with Crippen LogP contribution in [0.2, 0.25) is 0 Å². The first kappa shape index (κ1) is 17.0. The topological polar surface area (TPSA) is 61.7 Å². The van der Waals surface area contributed by atoms with Crippen molar-refractivity contribution in [1.82, 2.24) is 5.32 Å². The van der Waals surface area contributed by atoms with E-state index in [2.05, 4.69) is 12.2 Å². The molecule has 0 saturated carbocycles. The molecule has 0 aliphatic carbocycles. The molecule has 0 heterocycles. The van der Waals surface area contributed by atoms with Gasteiger partial charge in [-0.25, -0.2) is 0 Å². The average molecular weight is 281 g/mol. The lowest BCUT2D eigenvalue weighted by molar-refractivity contribution is 0.156. The van der Waals surface area contributed by atoms with Gasteiger partial charge in [-0.15, -0.1) is 0 Å². The zero-order chi connectivity index (χ0) is 14.8. The summed E-state index contributed by atoms with van der Waals surface area (Å²) in [7, 11) is 0. The van der Waals surface area contributed by atoms with Gasteiger partial charge in [0, 0.05) is 11.1 Å². The smallest absolute Gasteiger partial charge is 0.124 e. The number of hydrogen-bond acceptors (Lipinski definition) is 4. The van der Waals surface area contributed by atoms with E-state index >= 15 is 0 Å². The maximum absolute atomic E-state index is 9.47. The Morgan fingerprint density at radius 1 is 1.25 bits per heavy atom. The Hall–Kier alpha value is -1.10. The first-order valence-electron chi connectivity index (χ1n) is 7.32. The lowest BCUT2D eigenvalue weighted by Gasteiger charge is -2.28. The highest BCUT2D eigenvalue weighted by atomic mass is 16.5. The molecule has 114 valence electrons. The van der Waals surface area contributed by atoms with Crippen LogP contribution in [0, 0.1) is 0 Å². The first-order chi connectivity index (χ1) is 9.65. The Bertz CT molecular complexity index is 384. The van der Waals surface area contributed by atoms with Gasteiger partial charge in [-0.05, 0) is 38.8 Å². The molecule has 1 rings (SSSR count). The van der Waals surface area contributed by atoms with Crippen LogP contribution < -0.4 is 10.1 Å². The molecule has 1 unspecified atom stereocenters. The number of nitrogens with one attached hydrogen (secondary N) is 1. The summed E-state index contributed by atoms with van der Waals surface area (Å²) in [5, 5.41) is 22.1. The van der Waals surface area contributed by atoms with E-state index < -0.39 is 0 Å². The van der Waals surface area contributed by atoms with Gasteiger partial charge in [-0.1, -0.05) is 25.1 Å². The summed E-state index contributed by atoms with van der Waals surface area (Å²) in [5.41, 5.74) is 0.567. The number of rotatable bonds is 10. The van der Waals surface area contributed by atoms with Crippen LogP contribution in [-0.4, -0.2) is 35.5 Å². The third-order valence-electron chi connectivity index (χ3n) is 3.42. The van der Waals surface area contributed by atoms with Gasteiger partial charge < -0.3 is 20.3 Å². The Morgan fingerprint density at radius 3 is 2.65 bits per heavy atom. The average Bonchev–Trinajstić information content (AvgIpc) is 2.50. The van der Waals surface area contributed by atoms with Crippen LogP contribution in [0.15, 0.2) is 24.3 Å². The van der Waals surface area contributed by atoms with E-state index in [-0.39, 0.29) is 18.8 Å². The molecule has 0 aliphatic rings. The van der Waals surface area contributed by atoms with Crippen LogP contribution in [0.1, 0.15) is 38.7 Å². The molecule has 0 aliphatic heterocycles. The van der Waals surface area contributed by atoms with Crippen molar-refractivity contribution in [1.29, 1.82) is 0 Å². The zero-order valence-electron chi connectivity index (χ0n) is 12.6. The second-order valence-corrected chi connectivity index (χ2v) is 5.36. The molecular formula is C16H27NO3. The lowest BCUT2D eigenvalue weighted by Crippen LogP contribution is -2.46. The summed E-state index contributed by atoms with van der Waals surface area (Å²) in [6.45, 7) is 5.75. The molecule has 4 heteroatoms. The van der Waals surface area contributed by atoms with Gasteiger partial charge >= 0.3 is 0 Å². The predicted molar refractivity (Wildman–Crippen MR) is 80.9 cm³/mol. The minimum Gasteiger partial charge on any atom is -0.493 e. The van der Waals surface area contributed by atoms with Crippen molar-refractivity contribution in [3.8, 4) is 5.75 Å². The minimum absolute atomic E-state index is 0.0113. The van der Waals surface area contributed by atoms with Crippen molar-refractivity contribution in [3.63, 3.8) is 0 Å². The van der Waals surface area contributed by atoms with Crippen molar-refractivity contribution in [2.45, 2.75) is 45.3 Å².